The van der Waals surface area contributed by atoms with E-state index in [-0.39, 0.29) is 6.09 Å². The molecule has 1 saturated heterocycles. The van der Waals surface area contributed by atoms with E-state index >= 15 is 0 Å². The number of amides is 1. The van der Waals surface area contributed by atoms with Gasteiger partial charge in [-0.3, -0.25) is 0 Å². The lowest BCUT2D eigenvalue weighted by atomic mass is 10.1. The first-order valence-corrected chi connectivity index (χ1v) is 7.25. The Labute approximate surface area is 121 Å². The third kappa shape index (κ3) is 4.10. The number of rotatable bonds is 2. The summed E-state index contributed by atoms with van der Waals surface area (Å²) in [7, 11) is 4.16. The quantitative estimate of drug-likeness (QED) is 0.722. The van der Waals surface area contributed by atoms with E-state index in [1.165, 1.54) is 0 Å². The van der Waals surface area contributed by atoms with Gasteiger partial charge >= 0.3 is 6.09 Å². The highest BCUT2D eigenvalue weighted by atomic mass is 16.6. The van der Waals surface area contributed by atoms with Crippen LogP contribution in [0.15, 0.2) is 5.10 Å². The minimum Gasteiger partial charge on any atom is -0.444 e. The molecule has 6 nitrogen and oxygen atoms in total. The first-order chi connectivity index (χ1) is 9.15. The molecule has 2 aliphatic heterocycles. The lowest BCUT2D eigenvalue weighted by Crippen LogP contribution is -2.40. The molecule has 1 amide bonds. The molecule has 20 heavy (non-hydrogen) atoms. The van der Waals surface area contributed by atoms with Crippen LogP contribution in [-0.2, 0) is 4.74 Å². The number of likely N-dealkylation sites (tertiary alicyclic amines) is 1. The number of nitrogens with zero attached hydrogens (tertiary/aromatic N) is 4. The second-order valence-electron chi connectivity index (χ2n) is 7.35. The Kier molecular flexibility index (Phi) is 3.95. The van der Waals surface area contributed by atoms with Crippen molar-refractivity contribution in [2.75, 3.05) is 40.4 Å². The van der Waals surface area contributed by atoms with Crippen molar-refractivity contribution in [3.63, 3.8) is 0 Å². The third-order valence-electron chi connectivity index (χ3n) is 3.49. The number of carbonyl (C=O) groups is 1. The first-order valence-electron chi connectivity index (χ1n) is 7.25. The summed E-state index contributed by atoms with van der Waals surface area (Å²) in [6, 6.07) is 0. The largest absolute Gasteiger partial charge is 0.444 e. The van der Waals surface area contributed by atoms with Crippen LogP contribution in [0.1, 0.15) is 27.2 Å². The summed E-state index contributed by atoms with van der Waals surface area (Å²) in [4.78, 5) is 16.1. The van der Waals surface area contributed by atoms with Crippen LogP contribution in [0.5, 0.6) is 0 Å². The van der Waals surface area contributed by atoms with Gasteiger partial charge < -0.3 is 14.5 Å². The van der Waals surface area contributed by atoms with Crippen molar-refractivity contribution in [3.8, 4) is 0 Å². The van der Waals surface area contributed by atoms with Gasteiger partial charge in [-0.2, -0.15) is 4.59 Å². The van der Waals surface area contributed by atoms with E-state index in [1.54, 1.807) is 0 Å². The molecule has 2 aliphatic rings. The van der Waals surface area contributed by atoms with Crippen molar-refractivity contribution in [2.45, 2.75) is 32.8 Å². The van der Waals surface area contributed by atoms with Crippen LogP contribution in [0.2, 0.25) is 0 Å². The van der Waals surface area contributed by atoms with E-state index < -0.39 is 5.60 Å². The number of hydrogen-bond acceptors (Lipinski definition) is 4. The molecule has 114 valence electrons. The van der Waals surface area contributed by atoms with Gasteiger partial charge in [-0.15, -0.1) is 0 Å². The molecule has 1 unspecified atom stereocenters. The third-order valence-corrected chi connectivity index (χ3v) is 3.49. The van der Waals surface area contributed by atoms with E-state index in [1.807, 2.05) is 32.0 Å². The summed E-state index contributed by atoms with van der Waals surface area (Å²) < 4.78 is 6.07. The molecule has 0 N–H and O–H groups in total. The molecule has 0 saturated carbocycles. The fourth-order valence-corrected chi connectivity index (χ4v) is 2.64. The van der Waals surface area contributed by atoms with Crippen molar-refractivity contribution in [1.82, 2.24) is 9.80 Å². The average Bonchev–Trinajstić information content (AvgIpc) is 2.83. The maximum Gasteiger partial charge on any atom is 0.410 e. The number of carbonyl (C=O) groups excluding carboxylic acids is 1. The Bertz CT molecular complexity index is 400. The Hall–Kier alpha value is -1.30. The molecule has 1 atom stereocenters. The summed E-state index contributed by atoms with van der Waals surface area (Å²) in [5.41, 5.74) is -0.418. The molecule has 0 aromatic heterocycles. The topological polar surface area (TPSA) is 45.1 Å². The number of ether oxygens (including phenoxy) is 1. The molecule has 0 bridgehead atoms. The average molecular weight is 283 g/mol. The zero-order chi connectivity index (χ0) is 15.0. The molecule has 0 aromatic rings. The van der Waals surface area contributed by atoms with Gasteiger partial charge in [-0.1, -0.05) is 5.10 Å². The van der Waals surface area contributed by atoms with Crippen LogP contribution in [0.4, 0.5) is 4.79 Å². The highest BCUT2D eigenvalue weighted by molar-refractivity contribution is 5.68. The molecular weight excluding hydrogens is 256 g/mol. The lowest BCUT2D eigenvalue weighted by Gasteiger charge is -2.25. The molecule has 0 aliphatic carbocycles. The Balaban J connectivity index is 1.79. The summed E-state index contributed by atoms with van der Waals surface area (Å²) in [5, 5.41) is 4.43. The highest BCUT2D eigenvalue weighted by Gasteiger charge is 2.33. The van der Waals surface area contributed by atoms with Gasteiger partial charge in [0.1, 0.15) is 5.60 Å². The zero-order valence-electron chi connectivity index (χ0n) is 13.3. The summed E-state index contributed by atoms with van der Waals surface area (Å²) in [6.07, 6.45) is 2.78. The highest BCUT2D eigenvalue weighted by Crippen LogP contribution is 2.21. The molecule has 2 heterocycles. The Morgan fingerprint density at radius 3 is 2.70 bits per heavy atom. The monoisotopic (exact) mass is 283 g/mol. The van der Waals surface area contributed by atoms with Gasteiger partial charge in [0.05, 0.1) is 14.1 Å². The van der Waals surface area contributed by atoms with Gasteiger partial charge in [0.25, 0.3) is 0 Å². The van der Waals surface area contributed by atoms with E-state index in [9.17, 15) is 4.79 Å². The van der Waals surface area contributed by atoms with Gasteiger partial charge in [0, 0.05) is 19.6 Å². The fourth-order valence-electron chi connectivity index (χ4n) is 2.64. The molecule has 0 aromatic carbocycles. The van der Waals surface area contributed by atoms with Crippen LogP contribution in [0.25, 0.3) is 0 Å². The second kappa shape index (κ2) is 5.24. The van der Waals surface area contributed by atoms with Crippen LogP contribution in [0.3, 0.4) is 0 Å². The summed E-state index contributed by atoms with van der Waals surface area (Å²) in [5.74, 6) is 0.507. The van der Waals surface area contributed by atoms with Crippen molar-refractivity contribution < 1.29 is 14.1 Å². The molecule has 1 fully saturated rings. The van der Waals surface area contributed by atoms with Crippen molar-refractivity contribution >= 4 is 12.4 Å². The van der Waals surface area contributed by atoms with Gasteiger partial charge in [0.15, 0.2) is 13.0 Å². The van der Waals surface area contributed by atoms with Crippen LogP contribution >= 0.6 is 0 Å². The van der Waals surface area contributed by atoms with Gasteiger partial charge in [0.2, 0.25) is 0 Å². The normalized spacial score (nSPS) is 25.4. The van der Waals surface area contributed by atoms with Crippen molar-refractivity contribution in [1.29, 1.82) is 0 Å². The van der Waals surface area contributed by atoms with Gasteiger partial charge in [-0.05, 0) is 33.1 Å². The van der Waals surface area contributed by atoms with Crippen LogP contribution in [-0.4, -0.2) is 72.8 Å². The molecule has 0 radical (unpaired) electrons. The van der Waals surface area contributed by atoms with E-state index in [4.69, 9.17) is 4.74 Å². The summed E-state index contributed by atoms with van der Waals surface area (Å²) in [6.45, 7) is 9.15. The predicted molar refractivity (Wildman–Crippen MR) is 78.1 cm³/mol. The maximum absolute atomic E-state index is 12.0. The minimum atomic E-state index is -0.418. The fraction of sp³-hybridized carbons (Fsp3) is 0.857. The summed E-state index contributed by atoms with van der Waals surface area (Å²) >= 11 is 0. The minimum absolute atomic E-state index is 0.189. The molecule has 2 rings (SSSR count). The molecular formula is C14H27N4O2+. The van der Waals surface area contributed by atoms with E-state index in [0.717, 1.165) is 32.7 Å². The second-order valence-corrected chi connectivity index (χ2v) is 7.35. The smallest absolute Gasteiger partial charge is 0.410 e. The predicted octanol–water partition coefficient (Wildman–Crippen LogP) is 1.54. The van der Waals surface area contributed by atoms with E-state index in [0.29, 0.717) is 10.5 Å². The van der Waals surface area contributed by atoms with Crippen LogP contribution < -0.4 is 0 Å². The molecule has 6 heteroatoms. The molecule has 0 spiro atoms. The Morgan fingerprint density at radius 2 is 2.15 bits per heavy atom. The first kappa shape index (κ1) is 15.1. The Morgan fingerprint density at radius 1 is 1.45 bits per heavy atom. The van der Waals surface area contributed by atoms with Crippen molar-refractivity contribution in [2.24, 2.45) is 11.0 Å². The van der Waals surface area contributed by atoms with Crippen LogP contribution in [0, 0.1) is 5.92 Å². The zero-order valence-corrected chi connectivity index (χ0v) is 13.3. The maximum atomic E-state index is 12.0. The lowest BCUT2D eigenvalue weighted by molar-refractivity contribution is -0.897. The van der Waals surface area contributed by atoms with Crippen molar-refractivity contribution in [3.05, 3.63) is 0 Å². The number of hydrogen-bond donors (Lipinski definition) is 0. The van der Waals surface area contributed by atoms with E-state index in [2.05, 4.69) is 24.1 Å². The standard InChI is InChI=1S/C14H27N4O2/c1-14(2,3)20-13(19)17-7-6-12(9-17)8-16-10-15-18(4,5)11-16/h10,12H,6-9,11H2,1-5H3/q+1. The number of quaternary nitrogens is 1. The van der Waals surface area contributed by atoms with Gasteiger partial charge in [-0.25, -0.2) is 4.79 Å². The SMILES string of the molecule is CC(C)(C)OC(=O)N1CCC(CN2C=N[N+](C)(C)C2)C1.